The van der Waals surface area contributed by atoms with Gasteiger partial charge in [-0.3, -0.25) is 0 Å². The first-order valence-corrected chi connectivity index (χ1v) is 7.55. The lowest BCUT2D eigenvalue weighted by Gasteiger charge is -2.36. The van der Waals surface area contributed by atoms with E-state index in [1.807, 2.05) is 39.0 Å². The van der Waals surface area contributed by atoms with Crippen LogP contribution in [0.25, 0.3) is 0 Å². The van der Waals surface area contributed by atoms with E-state index in [0.717, 1.165) is 12.8 Å². The Bertz CT molecular complexity index is 467. The maximum atomic E-state index is 12.0. The molecule has 0 bridgehead atoms. The number of benzene rings is 1. The lowest BCUT2D eigenvalue weighted by atomic mass is 9.88. The van der Waals surface area contributed by atoms with Crippen LogP contribution in [0.2, 0.25) is 0 Å². The third kappa shape index (κ3) is 4.74. The molecule has 1 heterocycles. The second kappa shape index (κ2) is 6.48. The number of carbonyl (C=O) groups is 1. The molecule has 21 heavy (non-hydrogen) atoms. The van der Waals surface area contributed by atoms with E-state index >= 15 is 0 Å². The third-order valence-electron chi connectivity index (χ3n) is 3.71. The average molecular weight is 291 g/mol. The Morgan fingerprint density at radius 2 is 2.00 bits per heavy atom. The highest BCUT2D eigenvalue weighted by atomic mass is 16.6. The molecule has 1 aromatic carbocycles. The molecule has 1 aliphatic rings. The van der Waals surface area contributed by atoms with Gasteiger partial charge in [0.15, 0.2) is 0 Å². The Hall–Kier alpha value is -1.55. The molecule has 4 nitrogen and oxygen atoms in total. The molecule has 2 rings (SSSR count). The number of amides is 1. The average Bonchev–Trinajstić information content (AvgIpc) is 2.40. The first-order valence-electron chi connectivity index (χ1n) is 7.55. The molecular formula is C17H25NO3. The predicted octanol–water partition coefficient (Wildman–Crippen LogP) is 2.85. The molecule has 1 aliphatic heterocycles. The fourth-order valence-electron chi connectivity index (χ4n) is 2.63. The number of hydrogen-bond donors (Lipinski definition) is 1. The summed E-state index contributed by atoms with van der Waals surface area (Å²) in [5.41, 5.74) is 0.732. The van der Waals surface area contributed by atoms with Gasteiger partial charge in [0.1, 0.15) is 5.60 Å². The van der Waals surface area contributed by atoms with Gasteiger partial charge in [0.25, 0.3) is 0 Å². The smallest absolute Gasteiger partial charge is 0.410 e. The normalized spacial score (nSPS) is 23.0. The summed E-state index contributed by atoms with van der Waals surface area (Å²) in [6.07, 6.45) is 0.825. The van der Waals surface area contributed by atoms with E-state index in [2.05, 4.69) is 12.1 Å². The number of likely N-dealkylation sites (tertiary alicyclic amines) is 1. The SMILES string of the molecule is CC(C)(C)OC(=O)N1CCC(Cc2ccccc2)C(O)C1. The number of aliphatic hydroxyl groups is 1. The van der Waals surface area contributed by atoms with Crippen molar-refractivity contribution in [1.29, 1.82) is 0 Å². The summed E-state index contributed by atoms with van der Waals surface area (Å²) in [6.45, 7) is 6.55. The van der Waals surface area contributed by atoms with Gasteiger partial charge in [-0.15, -0.1) is 0 Å². The first kappa shape index (κ1) is 15.8. The lowest BCUT2D eigenvalue weighted by molar-refractivity contribution is -0.0125. The van der Waals surface area contributed by atoms with Crippen LogP contribution in [-0.4, -0.2) is 40.9 Å². The molecule has 1 saturated heterocycles. The number of nitrogens with zero attached hydrogens (tertiary/aromatic N) is 1. The molecule has 116 valence electrons. The molecule has 1 amide bonds. The number of carbonyl (C=O) groups excluding carboxylic acids is 1. The lowest BCUT2D eigenvalue weighted by Crippen LogP contribution is -2.48. The maximum absolute atomic E-state index is 12.0. The van der Waals surface area contributed by atoms with Gasteiger partial charge in [-0.25, -0.2) is 4.79 Å². The first-order chi connectivity index (χ1) is 9.85. The van der Waals surface area contributed by atoms with Crippen molar-refractivity contribution in [3.63, 3.8) is 0 Å². The standard InChI is InChI=1S/C17H25NO3/c1-17(2,3)21-16(20)18-10-9-14(15(19)12-18)11-13-7-5-4-6-8-13/h4-8,14-15,19H,9-12H2,1-3H3. The molecule has 4 heteroatoms. The largest absolute Gasteiger partial charge is 0.444 e. The van der Waals surface area contributed by atoms with Crippen molar-refractivity contribution in [3.05, 3.63) is 35.9 Å². The molecule has 1 N–H and O–H groups in total. The Morgan fingerprint density at radius 1 is 1.33 bits per heavy atom. The van der Waals surface area contributed by atoms with Crippen LogP contribution in [0, 0.1) is 5.92 Å². The minimum atomic E-state index is -0.497. The molecule has 0 radical (unpaired) electrons. The fourth-order valence-corrected chi connectivity index (χ4v) is 2.63. The van der Waals surface area contributed by atoms with Crippen LogP contribution in [0.4, 0.5) is 4.79 Å². The van der Waals surface area contributed by atoms with E-state index in [0.29, 0.717) is 13.1 Å². The highest BCUT2D eigenvalue weighted by Crippen LogP contribution is 2.23. The van der Waals surface area contributed by atoms with E-state index in [9.17, 15) is 9.90 Å². The van der Waals surface area contributed by atoms with Crippen molar-refractivity contribution in [1.82, 2.24) is 4.90 Å². The molecule has 0 aliphatic carbocycles. The second-order valence-electron chi connectivity index (χ2n) is 6.73. The minimum absolute atomic E-state index is 0.200. The van der Waals surface area contributed by atoms with Crippen LogP contribution in [0.15, 0.2) is 30.3 Å². The highest BCUT2D eigenvalue weighted by Gasteiger charge is 2.32. The monoisotopic (exact) mass is 291 g/mol. The van der Waals surface area contributed by atoms with Crippen molar-refractivity contribution in [3.8, 4) is 0 Å². The van der Waals surface area contributed by atoms with E-state index in [4.69, 9.17) is 4.74 Å². The fraction of sp³-hybridized carbons (Fsp3) is 0.588. The van der Waals surface area contributed by atoms with Gasteiger partial charge in [-0.05, 0) is 45.1 Å². The summed E-state index contributed by atoms with van der Waals surface area (Å²) in [5, 5.41) is 10.3. The number of hydrogen-bond acceptors (Lipinski definition) is 3. The number of aliphatic hydroxyl groups excluding tert-OH is 1. The van der Waals surface area contributed by atoms with Gasteiger partial charge >= 0.3 is 6.09 Å². The number of ether oxygens (including phenoxy) is 1. The minimum Gasteiger partial charge on any atom is -0.444 e. The van der Waals surface area contributed by atoms with Gasteiger partial charge in [-0.1, -0.05) is 30.3 Å². The predicted molar refractivity (Wildman–Crippen MR) is 82.1 cm³/mol. The van der Waals surface area contributed by atoms with Crippen LogP contribution < -0.4 is 0 Å². The van der Waals surface area contributed by atoms with Crippen LogP contribution in [0.5, 0.6) is 0 Å². The summed E-state index contributed by atoms with van der Waals surface area (Å²) >= 11 is 0. The van der Waals surface area contributed by atoms with Crippen molar-refractivity contribution in [2.45, 2.75) is 45.3 Å². The molecule has 2 unspecified atom stereocenters. The Balaban J connectivity index is 1.89. The van der Waals surface area contributed by atoms with Crippen LogP contribution in [0.1, 0.15) is 32.8 Å². The van der Waals surface area contributed by atoms with Crippen LogP contribution in [0.3, 0.4) is 0 Å². The van der Waals surface area contributed by atoms with Gasteiger partial charge in [0, 0.05) is 6.54 Å². The molecule has 1 aromatic rings. The van der Waals surface area contributed by atoms with Crippen molar-refractivity contribution in [2.24, 2.45) is 5.92 Å². The van der Waals surface area contributed by atoms with Crippen molar-refractivity contribution < 1.29 is 14.6 Å². The van der Waals surface area contributed by atoms with E-state index in [-0.39, 0.29) is 12.0 Å². The zero-order valence-corrected chi connectivity index (χ0v) is 13.1. The Morgan fingerprint density at radius 3 is 2.57 bits per heavy atom. The van der Waals surface area contributed by atoms with Crippen LogP contribution >= 0.6 is 0 Å². The third-order valence-corrected chi connectivity index (χ3v) is 3.71. The van der Waals surface area contributed by atoms with Crippen LogP contribution in [-0.2, 0) is 11.2 Å². The molecule has 0 aromatic heterocycles. The zero-order valence-electron chi connectivity index (χ0n) is 13.1. The zero-order chi connectivity index (χ0) is 15.5. The van der Waals surface area contributed by atoms with Crippen molar-refractivity contribution in [2.75, 3.05) is 13.1 Å². The summed E-state index contributed by atoms with van der Waals surface area (Å²) in [5.74, 6) is 0.200. The number of piperidine rings is 1. The van der Waals surface area contributed by atoms with Crippen molar-refractivity contribution >= 4 is 6.09 Å². The summed E-state index contributed by atoms with van der Waals surface area (Å²) in [6, 6.07) is 10.2. The topological polar surface area (TPSA) is 49.8 Å². The molecular weight excluding hydrogens is 266 g/mol. The second-order valence-corrected chi connectivity index (χ2v) is 6.73. The molecule has 0 spiro atoms. The van der Waals surface area contributed by atoms with E-state index in [1.165, 1.54) is 5.56 Å². The summed E-state index contributed by atoms with van der Waals surface area (Å²) in [7, 11) is 0. The maximum Gasteiger partial charge on any atom is 0.410 e. The highest BCUT2D eigenvalue weighted by molar-refractivity contribution is 5.68. The summed E-state index contributed by atoms with van der Waals surface area (Å²) in [4.78, 5) is 13.6. The molecule has 1 fully saturated rings. The van der Waals surface area contributed by atoms with Gasteiger partial charge < -0.3 is 14.7 Å². The van der Waals surface area contributed by atoms with E-state index in [1.54, 1.807) is 4.90 Å². The Labute approximate surface area is 126 Å². The van der Waals surface area contributed by atoms with Gasteiger partial charge in [-0.2, -0.15) is 0 Å². The number of rotatable bonds is 2. The summed E-state index contributed by atoms with van der Waals surface area (Å²) < 4.78 is 5.35. The van der Waals surface area contributed by atoms with Gasteiger partial charge in [0.2, 0.25) is 0 Å². The molecule has 0 saturated carbocycles. The number of β-amino-alcohol motifs (C(OH)–C–C–N with tert-alkyl or cyclic N) is 1. The quantitative estimate of drug-likeness (QED) is 0.911. The molecule has 2 atom stereocenters. The van der Waals surface area contributed by atoms with E-state index < -0.39 is 11.7 Å². The Kier molecular flexibility index (Phi) is 4.88. The van der Waals surface area contributed by atoms with Gasteiger partial charge in [0.05, 0.1) is 12.6 Å².